The second-order valence-corrected chi connectivity index (χ2v) is 7.73. The molecule has 31 heavy (non-hydrogen) atoms. The lowest BCUT2D eigenvalue weighted by Crippen LogP contribution is -2.63. The van der Waals surface area contributed by atoms with Crippen molar-refractivity contribution in [3.8, 4) is 0 Å². The van der Waals surface area contributed by atoms with E-state index in [1.165, 1.54) is 12.3 Å². The zero-order valence-electron chi connectivity index (χ0n) is 15.8. The number of fused-ring (bicyclic) bond motifs is 1. The van der Waals surface area contributed by atoms with Crippen molar-refractivity contribution in [3.63, 3.8) is 0 Å². The number of nitrogens with zero attached hydrogens (tertiary/aromatic N) is 2. The molecule has 2 aromatic heterocycles. The first-order valence-electron chi connectivity index (χ1n) is 9.17. The molecule has 1 aliphatic heterocycles. The molecule has 4 rings (SSSR count). The lowest BCUT2D eigenvalue weighted by molar-refractivity contribution is -0.167. The average molecular weight is 455 g/mol. The van der Waals surface area contributed by atoms with Crippen LogP contribution in [0.4, 0.5) is 17.6 Å². The number of alkyl halides is 2. The molecule has 2 N–H and O–H groups in total. The number of likely N-dealkylation sites (tertiary alicyclic amines) is 1. The fourth-order valence-electron chi connectivity index (χ4n) is 3.34. The van der Waals surface area contributed by atoms with E-state index in [0.717, 1.165) is 17.0 Å². The molecule has 1 aliphatic rings. The van der Waals surface area contributed by atoms with Gasteiger partial charge in [-0.05, 0) is 23.8 Å². The van der Waals surface area contributed by atoms with Crippen molar-refractivity contribution in [2.75, 3.05) is 13.1 Å². The van der Waals surface area contributed by atoms with E-state index in [0.29, 0.717) is 22.1 Å². The number of hydrogen-bond acceptors (Lipinski definition) is 3. The molecule has 0 saturated carbocycles. The monoisotopic (exact) mass is 454 g/mol. The number of nitrogens with one attached hydrogen (secondary N) is 2. The molecular weight excluding hydrogens is 440 g/mol. The Morgan fingerprint density at radius 2 is 1.97 bits per heavy atom. The van der Waals surface area contributed by atoms with Gasteiger partial charge in [-0.2, -0.15) is 0 Å². The SMILES string of the molecule is O=C(N[C@@H](Cc1ccc(F)cc1F)C(=O)N1CC(F)(F)C1)c1cc2cc(Cl)cnc2[nH]1. The van der Waals surface area contributed by atoms with Gasteiger partial charge in [0.15, 0.2) is 0 Å². The van der Waals surface area contributed by atoms with Crippen LogP contribution in [-0.2, 0) is 11.2 Å². The standard InChI is InChI=1S/C20H15ClF4N4O2/c21-12-3-11-5-15(27-17(11)26-7-12)18(30)28-16(19(31)29-8-20(24,25)9-29)4-10-1-2-13(22)6-14(10)23/h1-3,5-7,16H,4,8-9H2,(H,26,27)(H,28,30)/t16-/m0/s1. The van der Waals surface area contributed by atoms with E-state index in [1.807, 2.05) is 0 Å². The Morgan fingerprint density at radius 1 is 1.23 bits per heavy atom. The number of carbonyl (C=O) groups excluding carboxylic acids is 2. The molecule has 11 heteroatoms. The number of H-pyrrole nitrogens is 1. The maximum Gasteiger partial charge on any atom is 0.282 e. The number of hydrogen-bond donors (Lipinski definition) is 2. The smallest absolute Gasteiger partial charge is 0.282 e. The molecule has 0 bridgehead atoms. The van der Waals surface area contributed by atoms with Crippen molar-refractivity contribution in [1.29, 1.82) is 0 Å². The van der Waals surface area contributed by atoms with Crippen LogP contribution in [0.25, 0.3) is 11.0 Å². The van der Waals surface area contributed by atoms with Gasteiger partial charge in [-0.3, -0.25) is 9.59 Å². The Balaban J connectivity index is 1.58. The number of aromatic nitrogens is 2. The molecule has 0 unspecified atom stereocenters. The summed E-state index contributed by atoms with van der Waals surface area (Å²) in [6, 6.07) is 4.48. The highest BCUT2D eigenvalue weighted by atomic mass is 35.5. The van der Waals surface area contributed by atoms with E-state index in [-0.39, 0.29) is 17.7 Å². The molecule has 0 radical (unpaired) electrons. The summed E-state index contributed by atoms with van der Waals surface area (Å²) in [6.45, 7) is -1.59. The normalized spacial score (nSPS) is 16.1. The van der Waals surface area contributed by atoms with Crippen LogP contribution in [0, 0.1) is 11.6 Å². The summed E-state index contributed by atoms with van der Waals surface area (Å²) in [5.74, 6) is -6.24. The number of carbonyl (C=O) groups is 2. The van der Waals surface area contributed by atoms with Crippen LogP contribution in [0.15, 0.2) is 36.5 Å². The van der Waals surface area contributed by atoms with Crippen LogP contribution in [0.2, 0.25) is 5.02 Å². The zero-order valence-corrected chi connectivity index (χ0v) is 16.5. The third kappa shape index (κ3) is 4.48. The molecule has 1 atom stereocenters. The molecule has 162 valence electrons. The van der Waals surface area contributed by atoms with E-state index in [2.05, 4.69) is 15.3 Å². The summed E-state index contributed by atoms with van der Waals surface area (Å²) < 4.78 is 53.7. The van der Waals surface area contributed by atoms with Gasteiger partial charge in [-0.1, -0.05) is 17.7 Å². The molecular formula is C20H15ClF4N4O2. The highest BCUT2D eigenvalue weighted by Crippen LogP contribution is 2.28. The van der Waals surface area contributed by atoms with Crippen molar-refractivity contribution >= 4 is 34.4 Å². The number of halogens is 5. The quantitative estimate of drug-likeness (QED) is 0.581. The molecule has 1 saturated heterocycles. The van der Waals surface area contributed by atoms with Crippen LogP contribution in [0.3, 0.4) is 0 Å². The second-order valence-electron chi connectivity index (χ2n) is 7.29. The van der Waals surface area contributed by atoms with Gasteiger partial charge < -0.3 is 15.2 Å². The van der Waals surface area contributed by atoms with Crippen LogP contribution in [0.1, 0.15) is 16.1 Å². The van der Waals surface area contributed by atoms with E-state index in [4.69, 9.17) is 11.6 Å². The predicted molar refractivity (Wildman–Crippen MR) is 104 cm³/mol. The van der Waals surface area contributed by atoms with E-state index in [9.17, 15) is 27.2 Å². The van der Waals surface area contributed by atoms with E-state index < -0.39 is 48.5 Å². The lowest BCUT2D eigenvalue weighted by atomic mass is 10.0. The van der Waals surface area contributed by atoms with Crippen molar-refractivity contribution in [2.45, 2.75) is 18.4 Å². The van der Waals surface area contributed by atoms with Crippen LogP contribution < -0.4 is 5.32 Å². The molecule has 0 spiro atoms. The van der Waals surface area contributed by atoms with Gasteiger partial charge in [0, 0.05) is 24.1 Å². The zero-order chi connectivity index (χ0) is 22.3. The first-order valence-corrected chi connectivity index (χ1v) is 9.55. The minimum Gasteiger partial charge on any atom is -0.339 e. The topological polar surface area (TPSA) is 78.1 Å². The molecule has 3 heterocycles. The summed E-state index contributed by atoms with van der Waals surface area (Å²) in [6.07, 6.45) is 1.04. The number of pyridine rings is 1. The summed E-state index contributed by atoms with van der Waals surface area (Å²) in [4.78, 5) is 33.1. The van der Waals surface area contributed by atoms with Gasteiger partial charge >= 0.3 is 0 Å². The first kappa shape index (κ1) is 21.1. The third-order valence-electron chi connectivity index (χ3n) is 4.88. The van der Waals surface area contributed by atoms with Gasteiger partial charge in [-0.25, -0.2) is 22.5 Å². The van der Waals surface area contributed by atoms with Gasteiger partial charge in [0.1, 0.15) is 29.0 Å². The highest BCUT2D eigenvalue weighted by molar-refractivity contribution is 6.31. The maximum absolute atomic E-state index is 14.1. The van der Waals surface area contributed by atoms with Gasteiger partial charge in [0.25, 0.3) is 11.8 Å². The predicted octanol–water partition coefficient (Wildman–Crippen LogP) is 3.31. The molecule has 6 nitrogen and oxygen atoms in total. The van der Waals surface area contributed by atoms with E-state index in [1.54, 1.807) is 6.07 Å². The molecule has 1 fully saturated rings. The Morgan fingerprint density at radius 3 is 2.65 bits per heavy atom. The Bertz CT molecular complexity index is 1180. The maximum atomic E-state index is 14.1. The lowest BCUT2D eigenvalue weighted by Gasteiger charge is -2.40. The minimum absolute atomic E-state index is 0.0440. The Hall–Kier alpha value is -3.14. The Labute approximate surface area is 178 Å². The highest BCUT2D eigenvalue weighted by Gasteiger charge is 2.47. The van der Waals surface area contributed by atoms with Crippen molar-refractivity contribution in [2.24, 2.45) is 0 Å². The first-order chi connectivity index (χ1) is 14.6. The molecule has 2 amide bonds. The fourth-order valence-corrected chi connectivity index (χ4v) is 3.51. The van der Waals surface area contributed by atoms with Crippen LogP contribution in [0.5, 0.6) is 0 Å². The van der Waals surface area contributed by atoms with E-state index >= 15 is 0 Å². The largest absolute Gasteiger partial charge is 0.339 e. The summed E-state index contributed by atoms with van der Waals surface area (Å²) in [5, 5.41) is 3.35. The average Bonchev–Trinajstić information content (AvgIpc) is 3.10. The molecule has 3 aromatic rings. The van der Waals surface area contributed by atoms with Gasteiger partial charge in [-0.15, -0.1) is 0 Å². The molecule has 0 aliphatic carbocycles. The van der Waals surface area contributed by atoms with Crippen LogP contribution >= 0.6 is 11.6 Å². The second kappa shape index (κ2) is 7.84. The number of rotatable bonds is 5. The fraction of sp³-hybridized carbons (Fsp3) is 0.250. The minimum atomic E-state index is -3.01. The molecule has 1 aromatic carbocycles. The van der Waals surface area contributed by atoms with Crippen molar-refractivity contribution in [3.05, 3.63) is 64.4 Å². The number of amides is 2. The van der Waals surface area contributed by atoms with Gasteiger partial charge in [0.2, 0.25) is 5.91 Å². The van der Waals surface area contributed by atoms with Crippen molar-refractivity contribution in [1.82, 2.24) is 20.2 Å². The number of aromatic amines is 1. The van der Waals surface area contributed by atoms with Crippen molar-refractivity contribution < 1.29 is 27.2 Å². The van der Waals surface area contributed by atoms with Crippen LogP contribution in [-0.4, -0.2) is 51.7 Å². The van der Waals surface area contributed by atoms with Gasteiger partial charge in [0.05, 0.1) is 18.1 Å². The summed E-state index contributed by atoms with van der Waals surface area (Å²) >= 11 is 5.88. The third-order valence-corrected chi connectivity index (χ3v) is 5.09. The summed E-state index contributed by atoms with van der Waals surface area (Å²) in [5.41, 5.74) is 0.387. The summed E-state index contributed by atoms with van der Waals surface area (Å²) in [7, 11) is 0. The Kier molecular flexibility index (Phi) is 5.34. The number of benzene rings is 1.